The molecule has 0 aliphatic carbocycles. The lowest BCUT2D eigenvalue weighted by Crippen LogP contribution is -2.56. The lowest BCUT2D eigenvalue weighted by molar-refractivity contribution is -0.174. The van der Waals surface area contributed by atoms with Gasteiger partial charge >= 0.3 is 0 Å². The molecule has 7 nitrogen and oxygen atoms in total. The van der Waals surface area contributed by atoms with Crippen LogP contribution in [0.25, 0.3) is 0 Å². The Kier molecular flexibility index (Phi) is 3.85. The highest BCUT2D eigenvalue weighted by molar-refractivity contribution is 5.90. The number of carbonyl (C=O) groups is 1. The van der Waals surface area contributed by atoms with Gasteiger partial charge in [0.2, 0.25) is 5.82 Å². The van der Waals surface area contributed by atoms with Crippen molar-refractivity contribution in [2.75, 3.05) is 19.7 Å². The number of amides is 1. The second-order valence-electron chi connectivity index (χ2n) is 6.91. The molecule has 2 fully saturated rings. The lowest BCUT2D eigenvalue weighted by Gasteiger charge is -2.46. The minimum atomic E-state index is -0.445. The normalized spacial score (nSPS) is 27.0. The van der Waals surface area contributed by atoms with Gasteiger partial charge in [0.1, 0.15) is 5.82 Å². The summed E-state index contributed by atoms with van der Waals surface area (Å²) in [5.74, 6) is 1.37. The van der Waals surface area contributed by atoms with Crippen molar-refractivity contribution in [1.82, 2.24) is 19.7 Å². The molecule has 0 aromatic carbocycles. The number of piperidine rings is 1. The maximum Gasteiger partial charge on any atom is 0.291 e. The Balaban J connectivity index is 1.46. The van der Waals surface area contributed by atoms with E-state index in [0.717, 1.165) is 44.5 Å². The van der Waals surface area contributed by atoms with E-state index in [4.69, 9.17) is 4.74 Å². The minimum absolute atomic E-state index is 0.0363. The Morgan fingerprint density at radius 2 is 2.00 bits per heavy atom. The lowest BCUT2D eigenvalue weighted by atomic mass is 9.82. The molecule has 0 radical (unpaired) electrons. The number of nitrogens with zero attached hydrogens (tertiary/aromatic N) is 4. The van der Waals surface area contributed by atoms with Crippen molar-refractivity contribution < 1.29 is 14.6 Å². The summed E-state index contributed by atoms with van der Waals surface area (Å²) in [6.07, 6.45) is 5.80. The first-order chi connectivity index (χ1) is 11.2. The molecule has 1 aromatic heterocycles. The molecule has 4 rings (SSSR count). The van der Waals surface area contributed by atoms with Crippen LogP contribution >= 0.6 is 0 Å². The molecular weight excluding hydrogens is 296 g/mol. The highest BCUT2D eigenvalue weighted by Gasteiger charge is 2.44. The fourth-order valence-electron chi connectivity index (χ4n) is 4.09. The number of aromatic nitrogens is 3. The Morgan fingerprint density at radius 3 is 2.78 bits per heavy atom. The van der Waals surface area contributed by atoms with Gasteiger partial charge in [-0.15, -0.1) is 10.2 Å². The van der Waals surface area contributed by atoms with Gasteiger partial charge in [-0.05, 0) is 38.5 Å². The number of ether oxygens (including phenoxy) is 1. The van der Waals surface area contributed by atoms with Crippen LogP contribution in [0.3, 0.4) is 0 Å². The summed E-state index contributed by atoms with van der Waals surface area (Å²) in [6.45, 7) is 2.77. The van der Waals surface area contributed by atoms with E-state index in [1.165, 1.54) is 0 Å². The van der Waals surface area contributed by atoms with Gasteiger partial charge in [-0.3, -0.25) is 4.79 Å². The molecule has 23 heavy (non-hydrogen) atoms. The monoisotopic (exact) mass is 320 g/mol. The number of aryl methyl sites for hydroxylation is 1. The number of hydrogen-bond acceptors (Lipinski definition) is 5. The molecule has 1 atom stereocenters. The smallest absolute Gasteiger partial charge is 0.291 e. The molecule has 1 unspecified atom stereocenters. The largest absolute Gasteiger partial charge is 0.390 e. The van der Waals surface area contributed by atoms with Crippen molar-refractivity contribution in [2.24, 2.45) is 0 Å². The number of aliphatic hydroxyl groups excluding tert-OH is 1. The van der Waals surface area contributed by atoms with Crippen molar-refractivity contribution >= 4 is 5.91 Å². The summed E-state index contributed by atoms with van der Waals surface area (Å²) < 4.78 is 7.88. The van der Waals surface area contributed by atoms with Gasteiger partial charge in [-0.1, -0.05) is 0 Å². The van der Waals surface area contributed by atoms with Crippen LogP contribution in [0, 0.1) is 0 Å². The van der Waals surface area contributed by atoms with Gasteiger partial charge in [-0.25, -0.2) is 0 Å². The van der Waals surface area contributed by atoms with Crippen LogP contribution in [0.15, 0.2) is 0 Å². The predicted octanol–water partition coefficient (Wildman–Crippen LogP) is 0.760. The molecule has 3 aliphatic rings. The van der Waals surface area contributed by atoms with Crippen molar-refractivity contribution in [3.8, 4) is 0 Å². The van der Waals surface area contributed by atoms with E-state index in [1.54, 1.807) is 0 Å². The molecule has 1 N–H and O–H groups in total. The maximum absolute atomic E-state index is 12.8. The van der Waals surface area contributed by atoms with Crippen LogP contribution in [0.4, 0.5) is 0 Å². The molecule has 3 aliphatic heterocycles. The molecule has 0 bridgehead atoms. The number of likely N-dealkylation sites (tertiary alicyclic amines) is 1. The molecule has 2 saturated heterocycles. The van der Waals surface area contributed by atoms with E-state index in [0.29, 0.717) is 38.4 Å². The van der Waals surface area contributed by atoms with Crippen LogP contribution in [0.1, 0.15) is 55.0 Å². The second-order valence-corrected chi connectivity index (χ2v) is 6.91. The first-order valence-electron chi connectivity index (χ1n) is 8.73. The number of aliphatic hydroxyl groups is 1. The third-order valence-electron chi connectivity index (χ3n) is 5.57. The first-order valence-corrected chi connectivity index (χ1v) is 8.73. The number of fused-ring (bicyclic) bond motifs is 1. The number of carbonyl (C=O) groups excluding carboxylic acids is 1. The van der Waals surface area contributed by atoms with Gasteiger partial charge in [0.25, 0.3) is 5.91 Å². The molecule has 1 aromatic rings. The molecule has 4 heterocycles. The number of hydrogen-bond donors (Lipinski definition) is 1. The average Bonchev–Trinajstić information content (AvgIpc) is 3.02. The summed E-state index contributed by atoms with van der Waals surface area (Å²) in [4.78, 5) is 14.6. The van der Waals surface area contributed by atoms with E-state index < -0.39 is 11.7 Å². The highest BCUT2D eigenvalue weighted by Crippen LogP contribution is 2.35. The summed E-state index contributed by atoms with van der Waals surface area (Å²) in [6, 6.07) is 0. The molecular formula is C16H24N4O3. The number of rotatable bonds is 1. The fraction of sp³-hybridized carbons (Fsp3) is 0.812. The van der Waals surface area contributed by atoms with Gasteiger partial charge in [0.15, 0.2) is 0 Å². The van der Waals surface area contributed by atoms with Gasteiger partial charge in [-0.2, -0.15) is 0 Å². The molecule has 7 heteroatoms. The zero-order valence-corrected chi connectivity index (χ0v) is 13.4. The van der Waals surface area contributed by atoms with Crippen molar-refractivity contribution in [3.05, 3.63) is 11.6 Å². The minimum Gasteiger partial charge on any atom is -0.390 e. The predicted molar refractivity (Wildman–Crippen MR) is 82.0 cm³/mol. The van der Waals surface area contributed by atoms with Gasteiger partial charge in [0.05, 0.1) is 11.7 Å². The quantitative estimate of drug-likeness (QED) is 0.826. The van der Waals surface area contributed by atoms with E-state index in [1.807, 2.05) is 9.47 Å². The molecule has 0 saturated carbocycles. The van der Waals surface area contributed by atoms with Crippen LogP contribution in [0.5, 0.6) is 0 Å². The van der Waals surface area contributed by atoms with Crippen LogP contribution in [-0.2, 0) is 17.7 Å². The van der Waals surface area contributed by atoms with Crippen LogP contribution in [0.2, 0.25) is 0 Å². The third kappa shape index (κ3) is 2.55. The Morgan fingerprint density at radius 1 is 1.17 bits per heavy atom. The SMILES string of the molecule is O=C(c1nnc2n1CCCC2)N1CCC2(CC1)OCCCC2O. The summed E-state index contributed by atoms with van der Waals surface area (Å²) in [7, 11) is 0. The molecule has 1 spiro atoms. The summed E-state index contributed by atoms with van der Waals surface area (Å²) >= 11 is 0. The molecule has 1 amide bonds. The summed E-state index contributed by atoms with van der Waals surface area (Å²) in [5.41, 5.74) is -0.445. The average molecular weight is 320 g/mol. The Hall–Kier alpha value is -1.47. The zero-order valence-electron chi connectivity index (χ0n) is 13.4. The third-order valence-corrected chi connectivity index (χ3v) is 5.57. The summed E-state index contributed by atoms with van der Waals surface area (Å²) in [5, 5.41) is 18.6. The fourth-order valence-corrected chi connectivity index (χ4v) is 4.09. The Bertz CT molecular complexity index is 592. The zero-order chi connectivity index (χ0) is 15.9. The van der Waals surface area contributed by atoms with Gasteiger partial charge < -0.3 is 19.3 Å². The van der Waals surface area contributed by atoms with E-state index in [2.05, 4.69) is 10.2 Å². The Labute approximate surface area is 135 Å². The van der Waals surface area contributed by atoms with E-state index in [-0.39, 0.29) is 5.91 Å². The standard InChI is InChI=1S/C16H24N4O3/c21-12-4-3-11-23-16(12)6-9-19(10-7-16)15(22)14-18-17-13-5-1-2-8-20(13)14/h12,21H,1-11H2. The topological polar surface area (TPSA) is 80.5 Å². The van der Waals surface area contributed by atoms with E-state index >= 15 is 0 Å². The van der Waals surface area contributed by atoms with Gasteiger partial charge in [0, 0.05) is 32.7 Å². The molecule has 126 valence electrons. The van der Waals surface area contributed by atoms with Crippen molar-refractivity contribution in [1.29, 1.82) is 0 Å². The maximum atomic E-state index is 12.8. The van der Waals surface area contributed by atoms with Crippen LogP contribution < -0.4 is 0 Å². The highest BCUT2D eigenvalue weighted by atomic mass is 16.5. The first kappa shape index (κ1) is 15.1. The van der Waals surface area contributed by atoms with Crippen molar-refractivity contribution in [2.45, 2.75) is 63.2 Å². The van der Waals surface area contributed by atoms with E-state index in [9.17, 15) is 9.90 Å². The second kappa shape index (κ2) is 5.87. The van der Waals surface area contributed by atoms with Crippen molar-refractivity contribution in [3.63, 3.8) is 0 Å². The van der Waals surface area contributed by atoms with Crippen LogP contribution in [-0.4, -0.2) is 62.1 Å².